The number of ether oxygens (including phenoxy) is 3. The number of H-pyrrole nitrogens is 1. The zero-order chi connectivity index (χ0) is 18.1. The molecule has 8 nitrogen and oxygen atoms in total. The molecule has 1 aromatic carbocycles. The summed E-state index contributed by atoms with van der Waals surface area (Å²) in [5.74, 6) is 1.22. The first-order chi connectivity index (χ1) is 12.7. The highest BCUT2D eigenvalue weighted by Gasteiger charge is 2.16. The van der Waals surface area contributed by atoms with Crippen LogP contribution in [-0.2, 0) is 11.3 Å². The summed E-state index contributed by atoms with van der Waals surface area (Å²) in [4.78, 5) is 22.9. The molecule has 0 spiro atoms. The molecule has 1 aliphatic heterocycles. The van der Waals surface area contributed by atoms with Crippen LogP contribution in [0.1, 0.15) is 0 Å². The summed E-state index contributed by atoms with van der Waals surface area (Å²) in [6, 6.07) is 3.67. The smallest absolute Gasteiger partial charge is 0.277 e. The largest absolute Gasteiger partial charge is 0.493 e. The summed E-state index contributed by atoms with van der Waals surface area (Å²) in [5, 5.41) is 0.843. The van der Waals surface area contributed by atoms with Crippen molar-refractivity contribution in [1.82, 2.24) is 19.4 Å². The third-order valence-electron chi connectivity index (χ3n) is 4.84. The monoisotopic (exact) mass is 358 g/mol. The van der Waals surface area contributed by atoms with Gasteiger partial charge < -0.3 is 19.2 Å². The van der Waals surface area contributed by atoms with Crippen molar-refractivity contribution in [2.24, 2.45) is 0 Å². The molecular formula is C18H22N4O4. The highest BCUT2D eigenvalue weighted by Crippen LogP contribution is 2.34. The number of fused-ring (bicyclic) bond motifs is 3. The Labute approximate surface area is 150 Å². The first-order valence-electron chi connectivity index (χ1n) is 8.64. The number of rotatable bonds is 5. The normalized spacial score (nSPS) is 15.6. The first kappa shape index (κ1) is 16.9. The van der Waals surface area contributed by atoms with Crippen molar-refractivity contribution >= 4 is 21.9 Å². The van der Waals surface area contributed by atoms with E-state index in [1.54, 1.807) is 25.1 Å². The van der Waals surface area contributed by atoms with Crippen LogP contribution in [0.3, 0.4) is 0 Å². The maximum Gasteiger partial charge on any atom is 0.277 e. The van der Waals surface area contributed by atoms with E-state index in [0.29, 0.717) is 29.1 Å². The second kappa shape index (κ2) is 6.97. The first-order valence-corrected chi connectivity index (χ1v) is 8.64. The van der Waals surface area contributed by atoms with E-state index in [1.165, 1.54) is 0 Å². The maximum absolute atomic E-state index is 12.9. The van der Waals surface area contributed by atoms with Gasteiger partial charge in [0.25, 0.3) is 5.56 Å². The van der Waals surface area contributed by atoms with Crippen molar-refractivity contribution in [2.75, 3.05) is 47.1 Å². The van der Waals surface area contributed by atoms with Gasteiger partial charge in [-0.1, -0.05) is 0 Å². The predicted octanol–water partition coefficient (Wildman–Crippen LogP) is 1.23. The lowest BCUT2D eigenvalue weighted by molar-refractivity contribution is 0.0362. The molecule has 0 amide bonds. The zero-order valence-electron chi connectivity index (χ0n) is 14.9. The molecule has 8 heteroatoms. The fraction of sp³-hybridized carbons (Fsp3) is 0.444. The SMILES string of the molecule is COc1cc2[nH]c3c(=O)n(CCN4CCOCC4)cnc3c2cc1OC. The van der Waals surface area contributed by atoms with E-state index in [0.717, 1.165) is 43.8 Å². The number of hydrogen-bond acceptors (Lipinski definition) is 6. The number of aromatic nitrogens is 3. The van der Waals surface area contributed by atoms with Crippen molar-refractivity contribution < 1.29 is 14.2 Å². The van der Waals surface area contributed by atoms with E-state index < -0.39 is 0 Å². The average Bonchev–Trinajstić information content (AvgIpc) is 3.05. The molecule has 4 rings (SSSR count). The van der Waals surface area contributed by atoms with Crippen LogP contribution < -0.4 is 15.0 Å². The van der Waals surface area contributed by atoms with Crippen LogP contribution in [0.25, 0.3) is 21.9 Å². The topological polar surface area (TPSA) is 81.6 Å². The predicted molar refractivity (Wildman–Crippen MR) is 98.2 cm³/mol. The lowest BCUT2D eigenvalue weighted by Gasteiger charge is -2.26. The van der Waals surface area contributed by atoms with Gasteiger partial charge in [0.15, 0.2) is 11.5 Å². The second-order valence-electron chi connectivity index (χ2n) is 6.30. The molecule has 26 heavy (non-hydrogen) atoms. The summed E-state index contributed by atoms with van der Waals surface area (Å²) >= 11 is 0. The van der Waals surface area contributed by atoms with E-state index in [2.05, 4.69) is 14.9 Å². The van der Waals surface area contributed by atoms with Crippen molar-refractivity contribution in [3.05, 3.63) is 28.8 Å². The Bertz CT molecular complexity index is 988. The highest BCUT2D eigenvalue weighted by molar-refractivity contribution is 6.05. The summed E-state index contributed by atoms with van der Waals surface area (Å²) in [5.41, 5.74) is 1.87. The molecular weight excluding hydrogens is 336 g/mol. The molecule has 0 saturated carbocycles. The molecule has 1 fully saturated rings. The third kappa shape index (κ3) is 2.91. The van der Waals surface area contributed by atoms with Gasteiger partial charge in [0.2, 0.25) is 0 Å². The average molecular weight is 358 g/mol. The number of nitrogens with zero attached hydrogens (tertiary/aromatic N) is 3. The molecule has 1 N–H and O–H groups in total. The fourth-order valence-corrected chi connectivity index (χ4v) is 3.35. The van der Waals surface area contributed by atoms with Gasteiger partial charge in [-0.3, -0.25) is 14.3 Å². The molecule has 1 aliphatic rings. The second-order valence-corrected chi connectivity index (χ2v) is 6.30. The summed E-state index contributed by atoms with van der Waals surface area (Å²) in [6.07, 6.45) is 1.62. The van der Waals surface area contributed by atoms with Gasteiger partial charge >= 0.3 is 0 Å². The number of methoxy groups -OCH3 is 2. The van der Waals surface area contributed by atoms with Gasteiger partial charge in [-0.2, -0.15) is 0 Å². The van der Waals surface area contributed by atoms with Crippen LogP contribution in [0.2, 0.25) is 0 Å². The highest BCUT2D eigenvalue weighted by atomic mass is 16.5. The Morgan fingerprint density at radius 2 is 1.88 bits per heavy atom. The fourth-order valence-electron chi connectivity index (χ4n) is 3.35. The number of aromatic amines is 1. The molecule has 3 heterocycles. The van der Waals surface area contributed by atoms with Crippen LogP contribution in [0.4, 0.5) is 0 Å². The van der Waals surface area contributed by atoms with Crippen LogP contribution in [0.15, 0.2) is 23.3 Å². The van der Waals surface area contributed by atoms with Crippen molar-refractivity contribution in [2.45, 2.75) is 6.54 Å². The van der Waals surface area contributed by atoms with E-state index >= 15 is 0 Å². The minimum absolute atomic E-state index is 0.0719. The van der Waals surface area contributed by atoms with Gasteiger partial charge in [-0.25, -0.2) is 4.98 Å². The number of hydrogen-bond donors (Lipinski definition) is 1. The molecule has 0 aliphatic carbocycles. The maximum atomic E-state index is 12.9. The summed E-state index contributed by atoms with van der Waals surface area (Å²) in [7, 11) is 3.17. The molecule has 0 unspecified atom stereocenters. The summed E-state index contributed by atoms with van der Waals surface area (Å²) in [6.45, 7) is 4.70. The Kier molecular flexibility index (Phi) is 4.52. The Morgan fingerprint density at radius 3 is 2.62 bits per heavy atom. The van der Waals surface area contributed by atoms with Gasteiger partial charge in [0.05, 0.1) is 39.3 Å². The molecule has 0 radical (unpaired) electrons. The molecule has 0 atom stereocenters. The minimum atomic E-state index is -0.0719. The number of nitrogens with one attached hydrogen (secondary N) is 1. The Hall–Kier alpha value is -2.58. The van der Waals surface area contributed by atoms with Crippen molar-refractivity contribution in [3.8, 4) is 11.5 Å². The van der Waals surface area contributed by atoms with Crippen LogP contribution in [0.5, 0.6) is 11.5 Å². The Morgan fingerprint density at radius 1 is 1.15 bits per heavy atom. The van der Waals surface area contributed by atoms with Gasteiger partial charge in [-0.15, -0.1) is 0 Å². The van der Waals surface area contributed by atoms with Gasteiger partial charge in [0, 0.05) is 37.6 Å². The van der Waals surface area contributed by atoms with E-state index in [4.69, 9.17) is 14.2 Å². The lowest BCUT2D eigenvalue weighted by Crippen LogP contribution is -2.39. The summed E-state index contributed by atoms with van der Waals surface area (Å²) < 4.78 is 17.7. The molecule has 0 bridgehead atoms. The number of morpholine rings is 1. The minimum Gasteiger partial charge on any atom is -0.493 e. The van der Waals surface area contributed by atoms with Crippen LogP contribution in [0, 0.1) is 0 Å². The van der Waals surface area contributed by atoms with Gasteiger partial charge in [-0.05, 0) is 6.07 Å². The van der Waals surface area contributed by atoms with Crippen LogP contribution in [-0.4, -0.2) is 66.5 Å². The standard InChI is InChI=1S/C18H22N4O4/c1-24-14-9-12-13(10-15(14)25-2)20-17-16(12)19-11-22(18(17)23)4-3-21-5-7-26-8-6-21/h9-11,20H,3-8H2,1-2H3. The third-order valence-corrected chi connectivity index (χ3v) is 4.84. The molecule has 138 valence electrons. The quantitative estimate of drug-likeness (QED) is 0.739. The van der Waals surface area contributed by atoms with Crippen LogP contribution >= 0.6 is 0 Å². The zero-order valence-corrected chi connectivity index (χ0v) is 14.9. The number of benzene rings is 1. The molecule has 2 aromatic heterocycles. The van der Waals surface area contributed by atoms with E-state index in [9.17, 15) is 4.79 Å². The Balaban J connectivity index is 1.70. The van der Waals surface area contributed by atoms with Crippen molar-refractivity contribution in [3.63, 3.8) is 0 Å². The van der Waals surface area contributed by atoms with E-state index in [1.807, 2.05) is 12.1 Å². The lowest BCUT2D eigenvalue weighted by atomic mass is 10.2. The van der Waals surface area contributed by atoms with E-state index in [-0.39, 0.29) is 5.56 Å². The van der Waals surface area contributed by atoms with Crippen molar-refractivity contribution in [1.29, 1.82) is 0 Å². The van der Waals surface area contributed by atoms with Gasteiger partial charge in [0.1, 0.15) is 11.0 Å². The molecule has 1 saturated heterocycles. The molecule has 3 aromatic rings.